The Morgan fingerprint density at radius 1 is 1.36 bits per heavy atom. The van der Waals surface area contributed by atoms with Crippen molar-refractivity contribution in [3.8, 4) is 0 Å². The predicted octanol–water partition coefficient (Wildman–Crippen LogP) is 2.09. The normalized spacial score (nSPS) is 10.4. The summed E-state index contributed by atoms with van der Waals surface area (Å²) in [6, 6.07) is 7.36. The molecular formula is C10H9NO2S. The van der Waals surface area contributed by atoms with Crippen molar-refractivity contribution in [2.75, 3.05) is 12.1 Å². The molecule has 0 aliphatic heterocycles. The first kappa shape index (κ1) is 9.18. The topological polar surface area (TPSA) is 40.5 Å². The summed E-state index contributed by atoms with van der Waals surface area (Å²) in [5.74, 6) is 0. The summed E-state index contributed by atoms with van der Waals surface area (Å²) >= 11 is 1.44. The van der Waals surface area contributed by atoms with Gasteiger partial charge in [-0.15, -0.1) is 11.3 Å². The van der Waals surface area contributed by atoms with Gasteiger partial charge in [-0.25, -0.2) is 0 Å². The van der Waals surface area contributed by atoms with Crippen molar-refractivity contribution < 1.29 is 5.21 Å². The Morgan fingerprint density at radius 2 is 2.07 bits per heavy atom. The van der Waals surface area contributed by atoms with E-state index < -0.39 is 0 Å². The fourth-order valence-corrected chi connectivity index (χ4v) is 2.23. The van der Waals surface area contributed by atoms with Crippen LogP contribution in [0.25, 0.3) is 10.1 Å². The van der Waals surface area contributed by atoms with Gasteiger partial charge >= 0.3 is 0 Å². The number of fused-ring (bicyclic) bond motifs is 1. The predicted molar refractivity (Wildman–Crippen MR) is 58.3 cm³/mol. The molecule has 0 atom stereocenters. The maximum Gasteiger partial charge on any atom is 0.213 e. The van der Waals surface area contributed by atoms with E-state index in [0.717, 1.165) is 9.76 Å². The zero-order chi connectivity index (χ0) is 10.1. The first-order valence-electron chi connectivity index (χ1n) is 4.13. The van der Waals surface area contributed by atoms with Gasteiger partial charge in [0.1, 0.15) is 5.69 Å². The van der Waals surface area contributed by atoms with Gasteiger partial charge in [0.15, 0.2) is 0 Å². The average Bonchev–Trinajstić information content (AvgIpc) is 2.18. The van der Waals surface area contributed by atoms with Crippen LogP contribution in [0.3, 0.4) is 0 Å². The number of benzene rings is 1. The van der Waals surface area contributed by atoms with Gasteiger partial charge in [0, 0.05) is 22.5 Å². The molecule has 0 saturated carbocycles. The molecule has 0 fully saturated rings. The molecule has 0 aliphatic carbocycles. The Bertz CT molecular complexity index is 519. The van der Waals surface area contributed by atoms with Crippen LogP contribution in [0.4, 0.5) is 5.69 Å². The molecule has 4 heteroatoms. The Balaban J connectivity index is 2.82. The number of anilines is 1. The van der Waals surface area contributed by atoms with Crippen LogP contribution in [0.2, 0.25) is 0 Å². The molecule has 0 bridgehead atoms. The van der Waals surface area contributed by atoms with E-state index in [4.69, 9.17) is 0 Å². The van der Waals surface area contributed by atoms with Crippen LogP contribution in [-0.4, -0.2) is 12.3 Å². The van der Waals surface area contributed by atoms with Gasteiger partial charge in [-0.1, -0.05) is 12.1 Å². The summed E-state index contributed by atoms with van der Waals surface area (Å²) in [7, 11) is 1.44. The highest BCUT2D eigenvalue weighted by molar-refractivity contribution is 7.16. The molecule has 1 N–H and O–H groups in total. The summed E-state index contributed by atoms with van der Waals surface area (Å²) in [6.45, 7) is 0. The molecule has 0 radical (unpaired) electrons. The standard InChI is InChI=1S/C10H9NO2S/c1-11(13)8-6-14-9-5-3-2-4-7(9)10(8)12/h2-6,13H,1H3. The number of nitrogens with zero attached hydrogens (tertiary/aromatic N) is 1. The molecule has 14 heavy (non-hydrogen) atoms. The van der Waals surface area contributed by atoms with Gasteiger partial charge in [0.05, 0.1) is 0 Å². The van der Waals surface area contributed by atoms with E-state index in [1.54, 1.807) is 11.4 Å². The molecule has 0 saturated heterocycles. The fraction of sp³-hybridized carbons (Fsp3) is 0.100. The Hall–Kier alpha value is -1.39. The van der Waals surface area contributed by atoms with Crippen molar-refractivity contribution in [1.82, 2.24) is 0 Å². The summed E-state index contributed by atoms with van der Waals surface area (Å²) < 4.78 is 0.933. The van der Waals surface area contributed by atoms with E-state index in [1.807, 2.05) is 18.2 Å². The molecule has 3 nitrogen and oxygen atoms in total. The molecular weight excluding hydrogens is 198 g/mol. The molecule has 72 valence electrons. The lowest BCUT2D eigenvalue weighted by Gasteiger charge is -2.08. The molecule has 0 amide bonds. The maximum atomic E-state index is 11.8. The fourth-order valence-electron chi connectivity index (χ4n) is 1.29. The second-order valence-electron chi connectivity index (χ2n) is 2.97. The minimum atomic E-state index is -0.135. The largest absolute Gasteiger partial charge is 0.289 e. The number of hydrogen-bond donors (Lipinski definition) is 1. The van der Waals surface area contributed by atoms with Crippen LogP contribution >= 0.6 is 11.3 Å². The van der Waals surface area contributed by atoms with Crippen LogP contribution in [0.1, 0.15) is 0 Å². The summed E-state index contributed by atoms with van der Waals surface area (Å²) in [6.07, 6.45) is 0. The number of hydroxylamine groups is 1. The molecule has 2 rings (SSSR count). The molecule has 1 aromatic carbocycles. The third-order valence-corrected chi connectivity index (χ3v) is 2.96. The summed E-state index contributed by atoms with van der Waals surface area (Å²) in [5.41, 5.74) is 0.179. The first-order chi connectivity index (χ1) is 6.70. The van der Waals surface area contributed by atoms with Crippen molar-refractivity contribution in [3.63, 3.8) is 0 Å². The monoisotopic (exact) mass is 207 g/mol. The molecule has 0 spiro atoms. The van der Waals surface area contributed by atoms with Gasteiger partial charge in [0.25, 0.3) is 0 Å². The molecule has 1 heterocycles. The van der Waals surface area contributed by atoms with Crippen molar-refractivity contribution in [2.45, 2.75) is 0 Å². The lowest BCUT2D eigenvalue weighted by atomic mass is 10.2. The average molecular weight is 207 g/mol. The SMILES string of the molecule is CN(O)c1csc2ccccc2c1=O. The van der Waals surface area contributed by atoms with Crippen LogP contribution in [0, 0.1) is 0 Å². The lowest BCUT2D eigenvalue weighted by Crippen LogP contribution is -2.18. The van der Waals surface area contributed by atoms with Gasteiger partial charge in [0.2, 0.25) is 5.43 Å². The van der Waals surface area contributed by atoms with Crippen LogP contribution in [0.5, 0.6) is 0 Å². The van der Waals surface area contributed by atoms with Crippen molar-refractivity contribution in [1.29, 1.82) is 0 Å². The van der Waals surface area contributed by atoms with Gasteiger partial charge < -0.3 is 0 Å². The Morgan fingerprint density at radius 3 is 2.79 bits per heavy atom. The van der Waals surface area contributed by atoms with E-state index in [0.29, 0.717) is 11.1 Å². The molecule has 2 aromatic rings. The van der Waals surface area contributed by atoms with E-state index in [1.165, 1.54) is 18.4 Å². The highest BCUT2D eigenvalue weighted by Crippen LogP contribution is 2.19. The van der Waals surface area contributed by atoms with Gasteiger partial charge in [-0.2, -0.15) is 0 Å². The van der Waals surface area contributed by atoms with E-state index >= 15 is 0 Å². The molecule has 0 unspecified atom stereocenters. The highest BCUT2D eigenvalue weighted by atomic mass is 32.1. The minimum absolute atomic E-state index is 0.135. The summed E-state index contributed by atoms with van der Waals surface area (Å²) in [4.78, 5) is 11.8. The highest BCUT2D eigenvalue weighted by Gasteiger charge is 2.06. The van der Waals surface area contributed by atoms with Gasteiger partial charge in [-0.05, 0) is 12.1 Å². The third kappa shape index (κ3) is 1.38. The van der Waals surface area contributed by atoms with Gasteiger partial charge in [-0.3, -0.25) is 15.1 Å². The lowest BCUT2D eigenvalue weighted by molar-refractivity contribution is 0.279. The number of rotatable bonds is 1. The molecule has 1 aromatic heterocycles. The third-order valence-electron chi connectivity index (χ3n) is 2.01. The zero-order valence-electron chi connectivity index (χ0n) is 7.60. The quantitative estimate of drug-likeness (QED) is 0.728. The zero-order valence-corrected chi connectivity index (χ0v) is 8.41. The second-order valence-corrected chi connectivity index (χ2v) is 3.88. The van der Waals surface area contributed by atoms with Crippen LogP contribution in [0.15, 0.2) is 34.4 Å². The summed E-state index contributed by atoms with van der Waals surface area (Å²) in [5, 5.41) is 12.4. The smallest absolute Gasteiger partial charge is 0.213 e. The van der Waals surface area contributed by atoms with Crippen LogP contribution in [-0.2, 0) is 0 Å². The first-order valence-corrected chi connectivity index (χ1v) is 5.01. The number of hydrogen-bond acceptors (Lipinski definition) is 4. The molecule has 0 aliphatic rings. The van der Waals surface area contributed by atoms with Crippen molar-refractivity contribution in [3.05, 3.63) is 39.9 Å². The Labute approximate surface area is 84.8 Å². The second kappa shape index (κ2) is 3.40. The van der Waals surface area contributed by atoms with Crippen molar-refractivity contribution in [2.24, 2.45) is 0 Å². The van der Waals surface area contributed by atoms with E-state index in [2.05, 4.69) is 0 Å². The Kier molecular flexibility index (Phi) is 2.23. The maximum absolute atomic E-state index is 11.8. The minimum Gasteiger partial charge on any atom is -0.289 e. The van der Waals surface area contributed by atoms with Crippen molar-refractivity contribution >= 4 is 27.1 Å². The van der Waals surface area contributed by atoms with E-state index in [9.17, 15) is 10.0 Å². The van der Waals surface area contributed by atoms with Crippen LogP contribution < -0.4 is 10.5 Å². The van der Waals surface area contributed by atoms with E-state index in [-0.39, 0.29) is 5.43 Å².